The molecule has 0 saturated carbocycles. The van der Waals surface area contributed by atoms with Crippen molar-refractivity contribution in [3.8, 4) is 17.2 Å². The average Bonchev–Trinajstić information content (AvgIpc) is 2.77. The standard InChI is InChI=1S/C24H26O6S/c25-31(26,27)17-8-7-16-28-24-20(18-29-22-12-3-1-4-13-22)10-9-11-21(24)19-30-23-14-5-2-6-15-23/h1-6,9-15H,7-8,16-19H2,(H,25,26,27). The van der Waals surface area contributed by atoms with E-state index in [0.717, 1.165) is 22.6 Å². The SMILES string of the molecule is O=S(=O)(O)CCCCOc1c(COc2ccccc2)cccc1COc1ccccc1. The van der Waals surface area contributed by atoms with Crippen molar-refractivity contribution < 1.29 is 27.2 Å². The van der Waals surface area contributed by atoms with Gasteiger partial charge in [0.05, 0.1) is 12.4 Å². The maximum atomic E-state index is 10.9. The molecule has 0 unspecified atom stereocenters. The number of hydrogen-bond acceptors (Lipinski definition) is 5. The molecule has 0 heterocycles. The normalized spacial score (nSPS) is 11.1. The van der Waals surface area contributed by atoms with Gasteiger partial charge >= 0.3 is 0 Å². The van der Waals surface area contributed by atoms with Crippen LogP contribution in [0.15, 0.2) is 78.9 Å². The van der Waals surface area contributed by atoms with Crippen molar-refractivity contribution in [2.45, 2.75) is 26.1 Å². The molecule has 0 aliphatic heterocycles. The van der Waals surface area contributed by atoms with E-state index in [4.69, 9.17) is 18.8 Å². The van der Waals surface area contributed by atoms with Crippen LogP contribution in [0.25, 0.3) is 0 Å². The third-order valence-corrected chi connectivity index (χ3v) is 5.30. The van der Waals surface area contributed by atoms with Gasteiger partial charge in [0.15, 0.2) is 0 Å². The molecule has 3 rings (SSSR count). The Hall–Kier alpha value is -3.03. The molecule has 1 N–H and O–H groups in total. The largest absolute Gasteiger partial charge is 0.493 e. The fraction of sp³-hybridized carbons (Fsp3) is 0.250. The van der Waals surface area contributed by atoms with Crippen LogP contribution >= 0.6 is 0 Å². The van der Waals surface area contributed by atoms with E-state index in [9.17, 15) is 8.42 Å². The van der Waals surface area contributed by atoms with Crippen molar-refractivity contribution in [3.63, 3.8) is 0 Å². The maximum absolute atomic E-state index is 10.9. The molecule has 31 heavy (non-hydrogen) atoms. The van der Waals surface area contributed by atoms with E-state index in [0.29, 0.717) is 38.4 Å². The summed E-state index contributed by atoms with van der Waals surface area (Å²) in [5.74, 6) is 1.90. The van der Waals surface area contributed by atoms with Gasteiger partial charge in [-0.05, 0) is 37.1 Å². The fourth-order valence-corrected chi connectivity index (χ4v) is 3.54. The minimum Gasteiger partial charge on any atom is -0.493 e. The molecule has 3 aromatic rings. The van der Waals surface area contributed by atoms with E-state index >= 15 is 0 Å². The summed E-state index contributed by atoms with van der Waals surface area (Å²) in [6.45, 7) is 0.962. The van der Waals surface area contributed by atoms with Crippen molar-refractivity contribution in [1.82, 2.24) is 0 Å². The Morgan fingerprint density at radius 3 is 1.65 bits per heavy atom. The lowest BCUT2D eigenvalue weighted by Crippen LogP contribution is -2.09. The van der Waals surface area contributed by atoms with Crippen molar-refractivity contribution in [2.75, 3.05) is 12.4 Å². The maximum Gasteiger partial charge on any atom is 0.264 e. The highest BCUT2D eigenvalue weighted by Gasteiger charge is 2.12. The highest BCUT2D eigenvalue weighted by atomic mass is 32.2. The van der Waals surface area contributed by atoms with Crippen LogP contribution < -0.4 is 14.2 Å². The smallest absolute Gasteiger partial charge is 0.264 e. The van der Waals surface area contributed by atoms with Crippen LogP contribution in [0.5, 0.6) is 17.2 Å². The Morgan fingerprint density at radius 1 is 0.645 bits per heavy atom. The van der Waals surface area contributed by atoms with Crippen molar-refractivity contribution in [1.29, 1.82) is 0 Å². The van der Waals surface area contributed by atoms with Gasteiger partial charge in [-0.1, -0.05) is 54.6 Å². The van der Waals surface area contributed by atoms with E-state index in [1.807, 2.05) is 78.9 Å². The molecule has 0 amide bonds. The Kier molecular flexibility index (Phi) is 8.32. The van der Waals surface area contributed by atoms with Crippen LogP contribution in [0, 0.1) is 0 Å². The van der Waals surface area contributed by atoms with E-state index in [2.05, 4.69) is 0 Å². The fourth-order valence-electron chi connectivity index (χ4n) is 2.97. The summed E-state index contributed by atoms with van der Waals surface area (Å²) in [5, 5.41) is 0. The van der Waals surface area contributed by atoms with Gasteiger partial charge < -0.3 is 14.2 Å². The summed E-state index contributed by atoms with van der Waals surface area (Å²) in [4.78, 5) is 0. The van der Waals surface area contributed by atoms with E-state index in [1.165, 1.54) is 0 Å². The summed E-state index contributed by atoms with van der Waals surface area (Å²) < 4.78 is 48.5. The van der Waals surface area contributed by atoms with Gasteiger partial charge in [-0.3, -0.25) is 4.55 Å². The van der Waals surface area contributed by atoms with Gasteiger partial charge in [0, 0.05) is 11.1 Å². The zero-order valence-corrected chi connectivity index (χ0v) is 18.0. The van der Waals surface area contributed by atoms with Gasteiger partial charge in [0.25, 0.3) is 10.1 Å². The second kappa shape index (κ2) is 11.4. The molecule has 0 aromatic heterocycles. The first kappa shape index (κ1) is 22.7. The van der Waals surface area contributed by atoms with E-state index in [-0.39, 0.29) is 5.75 Å². The minimum atomic E-state index is -3.96. The van der Waals surface area contributed by atoms with Crippen LogP contribution in [0.1, 0.15) is 24.0 Å². The third kappa shape index (κ3) is 7.96. The van der Waals surface area contributed by atoms with Crippen molar-refractivity contribution in [3.05, 3.63) is 90.0 Å². The molecular weight excluding hydrogens is 416 g/mol. The molecule has 0 saturated heterocycles. The monoisotopic (exact) mass is 442 g/mol. The van der Waals surface area contributed by atoms with E-state index < -0.39 is 10.1 Å². The Morgan fingerprint density at radius 2 is 1.16 bits per heavy atom. The second-order valence-electron chi connectivity index (χ2n) is 6.95. The first-order valence-corrected chi connectivity index (χ1v) is 11.7. The molecule has 164 valence electrons. The number of hydrogen-bond donors (Lipinski definition) is 1. The highest BCUT2D eigenvalue weighted by molar-refractivity contribution is 7.85. The third-order valence-electron chi connectivity index (χ3n) is 4.50. The van der Waals surface area contributed by atoms with Crippen molar-refractivity contribution in [2.24, 2.45) is 0 Å². The van der Waals surface area contributed by atoms with Gasteiger partial charge in [0.2, 0.25) is 0 Å². The highest BCUT2D eigenvalue weighted by Crippen LogP contribution is 2.27. The Bertz CT molecular complexity index is 974. The zero-order chi connectivity index (χ0) is 21.9. The zero-order valence-electron chi connectivity index (χ0n) is 17.1. The van der Waals surface area contributed by atoms with Gasteiger partial charge in [-0.2, -0.15) is 8.42 Å². The van der Waals surface area contributed by atoms with Crippen LogP contribution in [0.4, 0.5) is 0 Å². The summed E-state index contributed by atoms with van der Waals surface area (Å²) in [5.41, 5.74) is 1.74. The molecule has 3 aromatic carbocycles. The molecule has 0 atom stereocenters. The van der Waals surface area contributed by atoms with Gasteiger partial charge in [-0.15, -0.1) is 0 Å². The molecule has 6 nitrogen and oxygen atoms in total. The number of para-hydroxylation sites is 3. The molecule has 0 aliphatic carbocycles. The summed E-state index contributed by atoms with van der Waals surface area (Å²) in [6.07, 6.45) is 0.810. The quantitative estimate of drug-likeness (QED) is 0.318. The van der Waals surface area contributed by atoms with Crippen molar-refractivity contribution >= 4 is 10.1 Å². The second-order valence-corrected chi connectivity index (χ2v) is 8.52. The molecule has 0 aliphatic rings. The summed E-state index contributed by atoms with van der Waals surface area (Å²) in [7, 11) is -3.96. The minimum absolute atomic E-state index is 0.279. The Balaban J connectivity index is 1.69. The topological polar surface area (TPSA) is 82.1 Å². The van der Waals surface area contributed by atoms with Crippen LogP contribution in [0.3, 0.4) is 0 Å². The first-order valence-electron chi connectivity index (χ1n) is 10.1. The predicted molar refractivity (Wildman–Crippen MR) is 119 cm³/mol. The van der Waals surface area contributed by atoms with Crippen LogP contribution in [-0.4, -0.2) is 25.3 Å². The number of unbranched alkanes of at least 4 members (excludes halogenated alkanes) is 1. The number of benzene rings is 3. The molecule has 0 bridgehead atoms. The first-order chi connectivity index (χ1) is 15.0. The average molecular weight is 443 g/mol. The molecular formula is C24H26O6S. The Labute approximate surface area is 183 Å². The number of rotatable bonds is 12. The van der Waals surface area contributed by atoms with Crippen LogP contribution in [0.2, 0.25) is 0 Å². The predicted octanol–water partition coefficient (Wildman–Crippen LogP) is 4.89. The van der Waals surface area contributed by atoms with Gasteiger partial charge in [-0.25, -0.2) is 0 Å². The lowest BCUT2D eigenvalue weighted by atomic mass is 10.1. The molecule has 0 spiro atoms. The molecule has 7 heteroatoms. The summed E-state index contributed by atoms with van der Waals surface area (Å²) >= 11 is 0. The molecule has 0 fully saturated rings. The number of ether oxygens (including phenoxy) is 3. The lowest BCUT2D eigenvalue weighted by Gasteiger charge is -2.17. The van der Waals surface area contributed by atoms with Gasteiger partial charge in [0.1, 0.15) is 30.5 Å². The summed E-state index contributed by atoms with van der Waals surface area (Å²) in [6, 6.07) is 24.8. The lowest BCUT2D eigenvalue weighted by molar-refractivity contribution is 0.260. The van der Waals surface area contributed by atoms with E-state index in [1.54, 1.807) is 0 Å². The van der Waals surface area contributed by atoms with Crippen LogP contribution in [-0.2, 0) is 23.3 Å². The molecule has 0 radical (unpaired) electrons.